The summed E-state index contributed by atoms with van der Waals surface area (Å²) in [5, 5.41) is 0.0497. The van der Waals surface area contributed by atoms with Gasteiger partial charge in [-0.3, -0.25) is 4.79 Å². The van der Waals surface area contributed by atoms with E-state index in [9.17, 15) is 4.79 Å². The van der Waals surface area contributed by atoms with Gasteiger partial charge in [-0.1, -0.05) is 13.3 Å². The number of hydrogen-bond acceptors (Lipinski definition) is 3. The van der Waals surface area contributed by atoms with Crippen LogP contribution in [0.5, 0.6) is 0 Å². The Labute approximate surface area is 111 Å². The minimum absolute atomic E-state index is 0.00590. The molecule has 0 N–H and O–H groups in total. The normalized spacial score (nSPS) is 19.7. The van der Waals surface area contributed by atoms with Crippen LogP contribution in [-0.4, -0.2) is 28.0 Å². The van der Waals surface area contributed by atoms with Gasteiger partial charge in [0.05, 0.1) is 11.5 Å². The maximum atomic E-state index is 11.3. The smallest absolute Gasteiger partial charge is 0.189 e. The summed E-state index contributed by atoms with van der Waals surface area (Å²) in [6.07, 6.45) is 4.49. The van der Waals surface area contributed by atoms with E-state index in [1.165, 1.54) is 11.9 Å². The summed E-state index contributed by atoms with van der Waals surface area (Å²) in [5.41, 5.74) is 0.718. The number of carbonyl (C=O) groups excluding carboxylic acids is 1. The molecule has 1 rings (SSSR count). The Hall–Kier alpha value is 0.270. The fourth-order valence-corrected chi connectivity index (χ4v) is 2.91. The van der Waals surface area contributed by atoms with Crippen LogP contribution in [0.4, 0.5) is 0 Å². The number of rotatable bonds is 7. The zero-order valence-corrected chi connectivity index (χ0v) is 11.7. The Balaban J connectivity index is 2.17. The standard InChI is InChI=1S/C11H17Cl2NOS/c1-2-4-8(12)9(13)5-3-6-10-11(15)7-16-14-10/h8-9H,2-7H2,1H3. The average Bonchev–Trinajstić information content (AvgIpc) is 2.65. The second-order valence-electron chi connectivity index (χ2n) is 3.95. The van der Waals surface area contributed by atoms with Gasteiger partial charge in [0.25, 0.3) is 0 Å². The van der Waals surface area contributed by atoms with Gasteiger partial charge < -0.3 is 0 Å². The molecule has 0 saturated carbocycles. The number of alkyl halides is 2. The van der Waals surface area contributed by atoms with Crippen LogP contribution >= 0.6 is 35.1 Å². The van der Waals surface area contributed by atoms with Crippen LogP contribution < -0.4 is 0 Å². The predicted molar refractivity (Wildman–Crippen MR) is 72.9 cm³/mol. The average molecular weight is 282 g/mol. The molecule has 2 nitrogen and oxygen atoms in total. The minimum atomic E-state index is 0.00590. The molecule has 0 fully saturated rings. The molecule has 92 valence electrons. The molecule has 16 heavy (non-hydrogen) atoms. The molecule has 5 heteroatoms. The Morgan fingerprint density at radius 2 is 2.06 bits per heavy atom. The third kappa shape index (κ3) is 4.64. The molecule has 0 saturated heterocycles. The fraction of sp³-hybridized carbons (Fsp3) is 0.818. The molecule has 1 heterocycles. The van der Waals surface area contributed by atoms with Crippen molar-refractivity contribution >= 4 is 46.6 Å². The highest BCUT2D eigenvalue weighted by molar-refractivity contribution is 7.99. The Bertz CT molecular complexity index is 271. The van der Waals surface area contributed by atoms with Gasteiger partial charge in [-0.2, -0.15) is 0 Å². The molecule has 0 aromatic rings. The highest BCUT2D eigenvalue weighted by Crippen LogP contribution is 2.22. The van der Waals surface area contributed by atoms with Crippen molar-refractivity contribution in [2.24, 2.45) is 4.40 Å². The van der Waals surface area contributed by atoms with Gasteiger partial charge >= 0.3 is 0 Å². The summed E-state index contributed by atoms with van der Waals surface area (Å²) in [6, 6.07) is 0. The first kappa shape index (κ1) is 14.3. The van der Waals surface area contributed by atoms with E-state index >= 15 is 0 Å². The van der Waals surface area contributed by atoms with Gasteiger partial charge in [0.1, 0.15) is 0 Å². The SMILES string of the molecule is CCCC(Cl)C(Cl)CCCC1=NSCC1=O. The monoisotopic (exact) mass is 281 g/mol. The number of halogens is 2. The lowest BCUT2D eigenvalue weighted by atomic mass is 10.1. The van der Waals surface area contributed by atoms with Gasteiger partial charge in [0, 0.05) is 10.8 Å². The van der Waals surface area contributed by atoms with Crippen molar-refractivity contribution < 1.29 is 4.79 Å². The van der Waals surface area contributed by atoms with E-state index in [4.69, 9.17) is 23.2 Å². The maximum absolute atomic E-state index is 11.3. The molecule has 0 spiro atoms. The number of hydrogen-bond donors (Lipinski definition) is 0. The van der Waals surface area contributed by atoms with Crippen molar-refractivity contribution in [1.82, 2.24) is 0 Å². The molecule has 2 atom stereocenters. The highest BCUT2D eigenvalue weighted by Gasteiger charge is 2.19. The molecule has 1 aliphatic rings. The van der Waals surface area contributed by atoms with Crippen molar-refractivity contribution in [1.29, 1.82) is 0 Å². The van der Waals surface area contributed by atoms with Crippen molar-refractivity contribution in [2.45, 2.75) is 49.8 Å². The molecule has 2 unspecified atom stereocenters. The molecular formula is C11H17Cl2NOS. The lowest BCUT2D eigenvalue weighted by Crippen LogP contribution is -2.16. The van der Waals surface area contributed by atoms with Crippen LogP contribution in [-0.2, 0) is 4.79 Å². The molecule has 0 radical (unpaired) electrons. The summed E-state index contributed by atoms with van der Waals surface area (Å²) >= 11 is 13.6. The first-order valence-electron chi connectivity index (χ1n) is 5.65. The maximum Gasteiger partial charge on any atom is 0.189 e. The first-order chi connectivity index (χ1) is 7.65. The number of Topliss-reactive ketones (excluding diaryl/α,β-unsaturated/α-hetero) is 1. The van der Waals surface area contributed by atoms with Gasteiger partial charge in [-0.05, 0) is 37.6 Å². The molecule has 0 bridgehead atoms. The van der Waals surface area contributed by atoms with E-state index in [1.807, 2.05) is 0 Å². The summed E-state index contributed by atoms with van der Waals surface area (Å²) in [6.45, 7) is 2.10. The van der Waals surface area contributed by atoms with Gasteiger partial charge in [0.15, 0.2) is 5.78 Å². The first-order valence-corrected chi connectivity index (χ1v) is 7.46. The second kappa shape index (κ2) is 7.57. The van der Waals surface area contributed by atoms with Crippen molar-refractivity contribution in [3.05, 3.63) is 0 Å². The van der Waals surface area contributed by atoms with Crippen LogP contribution in [0.25, 0.3) is 0 Å². The predicted octanol–water partition coefficient (Wildman–Crippen LogP) is 3.84. The van der Waals surface area contributed by atoms with Crippen LogP contribution in [0.2, 0.25) is 0 Å². The van der Waals surface area contributed by atoms with Gasteiger partial charge in [-0.15, -0.1) is 23.2 Å². The number of ketones is 1. The minimum Gasteiger partial charge on any atom is -0.292 e. The lowest BCUT2D eigenvalue weighted by molar-refractivity contribution is -0.110. The fourth-order valence-electron chi connectivity index (χ4n) is 1.59. The quantitative estimate of drug-likeness (QED) is 0.524. The van der Waals surface area contributed by atoms with E-state index in [0.29, 0.717) is 5.75 Å². The number of nitrogens with zero attached hydrogens (tertiary/aromatic N) is 1. The Morgan fingerprint density at radius 3 is 2.62 bits per heavy atom. The van der Waals surface area contributed by atoms with Crippen molar-refractivity contribution in [3.8, 4) is 0 Å². The molecule has 0 amide bonds. The second-order valence-corrected chi connectivity index (χ2v) is 5.80. The van der Waals surface area contributed by atoms with Crippen LogP contribution in [0.15, 0.2) is 4.40 Å². The topological polar surface area (TPSA) is 29.4 Å². The van der Waals surface area contributed by atoms with Crippen LogP contribution in [0.1, 0.15) is 39.0 Å². The zero-order chi connectivity index (χ0) is 12.0. The summed E-state index contributed by atoms with van der Waals surface area (Å²) in [5.74, 6) is 0.681. The molecule has 0 aliphatic carbocycles. The van der Waals surface area contributed by atoms with E-state index in [-0.39, 0.29) is 16.5 Å². The summed E-state index contributed by atoms with van der Waals surface area (Å²) in [7, 11) is 0. The van der Waals surface area contributed by atoms with Crippen molar-refractivity contribution in [3.63, 3.8) is 0 Å². The largest absolute Gasteiger partial charge is 0.292 e. The van der Waals surface area contributed by atoms with Crippen LogP contribution in [0.3, 0.4) is 0 Å². The van der Waals surface area contributed by atoms with E-state index in [2.05, 4.69) is 11.3 Å². The van der Waals surface area contributed by atoms with E-state index in [1.54, 1.807) is 0 Å². The molecule has 0 aromatic heterocycles. The third-order valence-electron chi connectivity index (χ3n) is 2.54. The highest BCUT2D eigenvalue weighted by atomic mass is 35.5. The number of carbonyl (C=O) groups is 1. The summed E-state index contributed by atoms with van der Waals surface area (Å²) in [4.78, 5) is 11.3. The Morgan fingerprint density at radius 1 is 1.38 bits per heavy atom. The summed E-state index contributed by atoms with van der Waals surface area (Å²) < 4.78 is 4.10. The Kier molecular flexibility index (Phi) is 6.78. The zero-order valence-electron chi connectivity index (χ0n) is 9.42. The van der Waals surface area contributed by atoms with Crippen LogP contribution in [0, 0.1) is 0 Å². The van der Waals surface area contributed by atoms with Crippen molar-refractivity contribution in [2.75, 3.05) is 5.75 Å². The molecule has 0 aromatic carbocycles. The lowest BCUT2D eigenvalue weighted by Gasteiger charge is -2.14. The molecule has 1 aliphatic heterocycles. The van der Waals surface area contributed by atoms with E-state index < -0.39 is 0 Å². The third-order valence-corrected chi connectivity index (χ3v) is 4.46. The van der Waals surface area contributed by atoms with Gasteiger partial charge in [0.2, 0.25) is 0 Å². The van der Waals surface area contributed by atoms with Gasteiger partial charge in [-0.25, -0.2) is 4.40 Å². The molecular weight excluding hydrogens is 265 g/mol. The van der Waals surface area contributed by atoms with E-state index in [0.717, 1.165) is 37.8 Å².